The Morgan fingerprint density at radius 3 is 2.02 bits per heavy atom. The van der Waals surface area contributed by atoms with Gasteiger partial charge < -0.3 is 20.5 Å². The predicted octanol–water partition coefficient (Wildman–Crippen LogP) is 3.74. The Hall–Kier alpha value is -4.88. The lowest BCUT2D eigenvalue weighted by molar-refractivity contribution is -0.125. The number of nitrogens with zero attached hydrogens (tertiary/aromatic N) is 1. The van der Waals surface area contributed by atoms with Crippen LogP contribution in [0, 0.1) is 0 Å². The van der Waals surface area contributed by atoms with Crippen LogP contribution in [0.25, 0.3) is 0 Å². The predicted molar refractivity (Wildman–Crippen MR) is 181 cm³/mol. The van der Waals surface area contributed by atoms with Gasteiger partial charge in [0.2, 0.25) is 0 Å². The number of benzene rings is 4. The van der Waals surface area contributed by atoms with Crippen LogP contribution in [0.1, 0.15) is 29.0 Å². The highest BCUT2D eigenvalue weighted by atomic mass is 32.2. The minimum absolute atomic E-state index is 0.0114. The summed E-state index contributed by atoms with van der Waals surface area (Å²) in [6.45, 7) is 0.246. The number of imide groups is 1. The summed E-state index contributed by atoms with van der Waals surface area (Å²) in [6, 6.07) is 31.5. The number of carbonyl (C=O) groups excluding carboxylic acids is 3. The van der Waals surface area contributed by atoms with Crippen molar-refractivity contribution in [1.82, 2.24) is 10.0 Å². The van der Waals surface area contributed by atoms with Crippen molar-refractivity contribution in [2.24, 2.45) is 5.73 Å². The van der Waals surface area contributed by atoms with Crippen molar-refractivity contribution in [2.75, 3.05) is 25.2 Å². The maximum absolute atomic E-state index is 14.2. The van der Waals surface area contributed by atoms with Gasteiger partial charge in [0.1, 0.15) is 6.04 Å². The number of aryl methyl sites for hydroxylation is 1. The summed E-state index contributed by atoms with van der Waals surface area (Å²) < 4.78 is 38.2. The molecule has 250 valence electrons. The highest BCUT2D eigenvalue weighted by Crippen LogP contribution is 2.31. The summed E-state index contributed by atoms with van der Waals surface area (Å²) in [5.41, 5.74) is 9.40. The summed E-state index contributed by atoms with van der Waals surface area (Å²) >= 11 is 0. The fourth-order valence-electron chi connectivity index (χ4n) is 5.71. The zero-order valence-electron chi connectivity index (χ0n) is 26.4. The molecule has 0 aromatic heterocycles. The second-order valence-electron chi connectivity index (χ2n) is 11.3. The molecule has 11 nitrogen and oxygen atoms in total. The summed E-state index contributed by atoms with van der Waals surface area (Å²) in [5, 5.41) is 3.06. The number of hydrogen-bond acceptors (Lipinski definition) is 9. The molecule has 1 heterocycles. The van der Waals surface area contributed by atoms with Crippen molar-refractivity contribution in [3.05, 3.63) is 132 Å². The van der Waals surface area contributed by atoms with Crippen molar-refractivity contribution in [2.45, 2.75) is 41.8 Å². The number of sulfonamides is 1. The molecule has 0 saturated carbocycles. The maximum atomic E-state index is 14.2. The van der Waals surface area contributed by atoms with Crippen LogP contribution in [0.2, 0.25) is 0 Å². The molecule has 1 fully saturated rings. The van der Waals surface area contributed by atoms with Crippen molar-refractivity contribution >= 4 is 33.6 Å². The number of methoxy groups -OCH3 is 1. The second-order valence-corrected chi connectivity index (χ2v) is 13.0. The molecule has 5 rings (SSSR count). The number of nitrogens with one attached hydrogen (secondary N) is 2. The standard InChI is InChI=1S/C36H38N4O7S/c1-46-36(43)40(35(42)33(37)32(26-14-5-2-6-15-26)27-16-7-3-8-17-27)31-20-12-11-13-25(31)21-22-28-23-38-30(24-47-28)34(41)39-48(44,45)29-18-9-4-10-19-29/h2-20,28,30,32-33,38H,21-24,37H2,1H3,(H,39,41)/t28-,30+,33+/m1/s1. The van der Waals surface area contributed by atoms with Gasteiger partial charge in [0, 0.05) is 12.5 Å². The maximum Gasteiger partial charge on any atom is 0.420 e. The average molecular weight is 671 g/mol. The zero-order valence-corrected chi connectivity index (χ0v) is 27.2. The molecular weight excluding hydrogens is 632 g/mol. The minimum Gasteiger partial charge on any atom is -0.452 e. The van der Waals surface area contributed by atoms with Crippen molar-refractivity contribution in [3.8, 4) is 0 Å². The number of nitrogens with two attached hydrogens (primary N) is 1. The van der Waals surface area contributed by atoms with E-state index in [2.05, 4.69) is 10.0 Å². The average Bonchev–Trinajstić information content (AvgIpc) is 3.12. The normalized spacial score (nSPS) is 16.9. The van der Waals surface area contributed by atoms with Gasteiger partial charge in [-0.15, -0.1) is 0 Å². The molecule has 12 heteroatoms. The second kappa shape index (κ2) is 15.8. The lowest BCUT2D eigenvalue weighted by Gasteiger charge is -2.31. The fraction of sp³-hybridized carbons (Fsp3) is 0.250. The van der Waals surface area contributed by atoms with Crippen LogP contribution in [0.15, 0.2) is 120 Å². The molecule has 4 aromatic carbocycles. The monoisotopic (exact) mass is 670 g/mol. The van der Waals surface area contributed by atoms with E-state index in [1.807, 2.05) is 72.8 Å². The first-order chi connectivity index (χ1) is 23.2. The van der Waals surface area contributed by atoms with E-state index < -0.39 is 45.9 Å². The Labute approximate surface area is 280 Å². The van der Waals surface area contributed by atoms with Crippen LogP contribution in [-0.2, 0) is 35.5 Å². The van der Waals surface area contributed by atoms with Gasteiger partial charge >= 0.3 is 6.09 Å². The molecule has 0 unspecified atom stereocenters. The third-order valence-electron chi connectivity index (χ3n) is 8.20. The van der Waals surface area contributed by atoms with E-state index in [4.69, 9.17) is 15.2 Å². The van der Waals surface area contributed by atoms with Crippen LogP contribution < -0.4 is 20.7 Å². The zero-order chi connectivity index (χ0) is 34.1. The number of morpholine rings is 1. The number of amides is 3. The van der Waals surface area contributed by atoms with Gasteiger partial charge in [0.05, 0.1) is 36.4 Å². The van der Waals surface area contributed by atoms with Crippen molar-refractivity contribution < 1.29 is 32.3 Å². The van der Waals surface area contributed by atoms with E-state index in [9.17, 15) is 22.8 Å². The molecule has 1 saturated heterocycles. The first kappa shape index (κ1) is 34.5. The number of para-hydroxylation sites is 1. The van der Waals surface area contributed by atoms with Crippen molar-refractivity contribution in [3.63, 3.8) is 0 Å². The Morgan fingerprint density at radius 1 is 0.896 bits per heavy atom. The fourth-order valence-corrected chi connectivity index (χ4v) is 6.75. The summed E-state index contributed by atoms with van der Waals surface area (Å²) in [6.07, 6.45) is -0.291. The molecule has 0 aliphatic carbocycles. The molecule has 3 atom stereocenters. The lowest BCUT2D eigenvalue weighted by Crippen LogP contribution is -2.55. The van der Waals surface area contributed by atoms with Gasteiger partial charge in [-0.2, -0.15) is 0 Å². The third kappa shape index (κ3) is 8.15. The Balaban J connectivity index is 1.27. The number of hydrogen-bond donors (Lipinski definition) is 3. The van der Waals surface area contributed by atoms with Gasteiger partial charge in [0.25, 0.3) is 21.8 Å². The van der Waals surface area contributed by atoms with Gasteiger partial charge in [-0.05, 0) is 47.7 Å². The van der Waals surface area contributed by atoms with E-state index in [1.165, 1.54) is 19.2 Å². The number of ether oxygens (including phenoxy) is 2. The lowest BCUT2D eigenvalue weighted by atomic mass is 9.84. The van der Waals surface area contributed by atoms with Crippen LogP contribution in [0.4, 0.5) is 10.5 Å². The van der Waals surface area contributed by atoms with Crippen molar-refractivity contribution in [1.29, 1.82) is 0 Å². The van der Waals surface area contributed by atoms with E-state index >= 15 is 0 Å². The highest BCUT2D eigenvalue weighted by Gasteiger charge is 2.36. The Kier molecular flexibility index (Phi) is 11.3. The first-order valence-corrected chi connectivity index (χ1v) is 17.0. The largest absolute Gasteiger partial charge is 0.452 e. The summed E-state index contributed by atoms with van der Waals surface area (Å²) in [7, 11) is -2.81. The summed E-state index contributed by atoms with van der Waals surface area (Å²) in [4.78, 5) is 41.1. The Bertz CT molecular complexity index is 1760. The molecule has 0 spiro atoms. The quantitative estimate of drug-likeness (QED) is 0.216. The van der Waals surface area contributed by atoms with E-state index in [0.717, 1.165) is 16.0 Å². The van der Waals surface area contributed by atoms with Gasteiger partial charge in [0.15, 0.2) is 0 Å². The minimum atomic E-state index is -4.02. The van der Waals surface area contributed by atoms with Crippen LogP contribution in [0.3, 0.4) is 0 Å². The van der Waals surface area contributed by atoms with Gasteiger partial charge in [-0.25, -0.2) is 22.8 Å². The molecule has 1 aliphatic rings. The summed E-state index contributed by atoms with van der Waals surface area (Å²) in [5.74, 6) is -1.87. The van der Waals surface area contributed by atoms with Gasteiger partial charge in [-0.1, -0.05) is 97.1 Å². The highest BCUT2D eigenvalue weighted by molar-refractivity contribution is 7.90. The van der Waals surface area contributed by atoms with E-state index in [0.29, 0.717) is 24.1 Å². The Morgan fingerprint density at radius 2 is 1.46 bits per heavy atom. The van der Waals surface area contributed by atoms with Crippen LogP contribution >= 0.6 is 0 Å². The molecule has 48 heavy (non-hydrogen) atoms. The van der Waals surface area contributed by atoms with Crippen LogP contribution in [-0.4, -0.2) is 64.8 Å². The van der Waals surface area contributed by atoms with Gasteiger partial charge in [-0.3, -0.25) is 9.59 Å². The molecule has 4 N–H and O–H groups in total. The molecule has 0 radical (unpaired) electrons. The molecular formula is C36H38N4O7S. The smallest absolute Gasteiger partial charge is 0.420 e. The number of carbonyl (C=O) groups is 3. The number of anilines is 1. The molecule has 0 bridgehead atoms. The number of rotatable bonds is 11. The SMILES string of the molecule is COC(=O)N(C(=O)[C@@H](N)C(c1ccccc1)c1ccccc1)c1ccccc1CC[C@@H]1CN[C@H](C(=O)NS(=O)(=O)c2ccccc2)CO1. The molecule has 1 aliphatic heterocycles. The van der Waals surface area contributed by atoms with Crippen LogP contribution in [0.5, 0.6) is 0 Å². The third-order valence-corrected chi connectivity index (χ3v) is 9.57. The van der Waals surface area contributed by atoms with E-state index in [-0.39, 0.29) is 24.2 Å². The molecule has 4 aromatic rings. The first-order valence-electron chi connectivity index (χ1n) is 15.5. The topological polar surface area (TPSA) is 157 Å². The molecule has 3 amide bonds. The van der Waals surface area contributed by atoms with E-state index in [1.54, 1.807) is 30.3 Å².